The van der Waals surface area contributed by atoms with Gasteiger partial charge < -0.3 is 22.2 Å². The van der Waals surface area contributed by atoms with E-state index in [0.717, 1.165) is 31.5 Å². The number of benzene rings is 1. The van der Waals surface area contributed by atoms with Crippen LogP contribution in [0.3, 0.4) is 0 Å². The van der Waals surface area contributed by atoms with Crippen LogP contribution in [0.5, 0.6) is 0 Å². The van der Waals surface area contributed by atoms with Gasteiger partial charge in [-0.2, -0.15) is 5.26 Å². The summed E-state index contributed by atoms with van der Waals surface area (Å²) in [5.74, 6) is -0.184. The molecule has 1 aromatic carbocycles. The van der Waals surface area contributed by atoms with E-state index in [1.807, 2.05) is 36.4 Å². The van der Waals surface area contributed by atoms with Crippen molar-refractivity contribution >= 4 is 12.0 Å². The lowest BCUT2D eigenvalue weighted by Gasteiger charge is -2.35. The van der Waals surface area contributed by atoms with Crippen LogP contribution >= 0.6 is 0 Å². The van der Waals surface area contributed by atoms with Crippen molar-refractivity contribution in [3.63, 3.8) is 0 Å². The number of hydrogen-bond donors (Lipinski definition) is 0. The van der Waals surface area contributed by atoms with Crippen LogP contribution in [0.15, 0.2) is 35.9 Å². The Morgan fingerprint density at radius 1 is 1.32 bits per heavy atom. The van der Waals surface area contributed by atoms with Gasteiger partial charge in [-0.05, 0) is 44.6 Å². The van der Waals surface area contributed by atoms with Crippen molar-refractivity contribution in [3.8, 4) is 6.07 Å². The SMILES string of the molecule is CN1CCC(N(C)C(=O)/C(C#N)=C/c2ccccc2)CC1.[Cl-]. The number of likely N-dealkylation sites (tertiary alicyclic amines) is 1. The zero-order chi connectivity index (χ0) is 15.2. The van der Waals surface area contributed by atoms with E-state index in [4.69, 9.17) is 0 Å². The highest BCUT2D eigenvalue weighted by atomic mass is 35.5. The van der Waals surface area contributed by atoms with Gasteiger partial charge >= 0.3 is 0 Å². The molecule has 1 aliphatic heterocycles. The maximum absolute atomic E-state index is 12.5. The minimum absolute atomic E-state index is 0. The van der Waals surface area contributed by atoms with Crippen molar-refractivity contribution in [2.75, 3.05) is 27.2 Å². The van der Waals surface area contributed by atoms with Gasteiger partial charge in [0.2, 0.25) is 0 Å². The van der Waals surface area contributed by atoms with Crippen molar-refractivity contribution in [1.29, 1.82) is 5.26 Å². The second-order valence-corrected chi connectivity index (χ2v) is 5.53. The molecule has 0 N–H and O–H groups in total. The van der Waals surface area contributed by atoms with E-state index >= 15 is 0 Å². The molecule has 1 fully saturated rings. The Morgan fingerprint density at radius 3 is 2.45 bits per heavy atom. The predicted molar refractivity (Wildman–Crippen MR) is 83.3 cm³/mol. The minimum atomic E-state index is -0.184. The zero-order valence-electron chi connectivity index (χ0n) is 13.0. The number of amides is 1. The first-order valence-electron chi connectivity index (χ1n) is 7.24. The van der Waals surface area contributed by atoms with E-state index in [-0.39, 0.29) is 29.9 Å². The zero-order valence-corrected chi connectivity index (χ0v) is 13.8. The second kappa shape index (κ2) is 8.57. The molecule has 0 aliphatic carbocycles. The normalized spacial score (nSPS) is 16.5. The number of likely N-dealkylation sites (N-methyl/N-ethyl adjacent to an activating group) is 1. The molecule has 0 spiro atoms. The third kappa shape index (κ3) is 4.59. The highest BCUT2D eigenvalue weighted by Crippen LogP contribution is 2.17. The molecule has 118 valence electrons. The van der Waals surface area contributed by atoms with E-state index in [1.165, 1.54) is 0 Å². The molecule has 1 aliphatic rings. The van der Waals surface area contributed by atoms with Crippen molar-refractivity contribution < 1.29 is 17.2 Å². The molecule has 0 unspecified atom stereocenters. The van der Waals surface area contributed by atoms with Crippen LogP contribution in [-0.4, -0.2) is 48.9 Å². The molecule has 0 aromatic heterocycles. The van der Waals surface area contributed by atoms with Crippen molar-refractivity contribution in [2.24, 2.45) is 0 Å². The van der Waals surface area contributed by atoms with E-state index in [1.54, 1.807) is 18.0 Å². The molecule has 4 nitrogen and oxygen atoms in total. The Balaban J connectivity index is 0.00000242. The summed E-state index contributed by atoms with van der Waals surface area (Å²) in [6.07, 6.45) is 3.58. The summed E-state index contributed by atoms with van der Waals surface area (Å²) in [7, 11) is 3.89. The van der Waals surface area contributed by atoms with Gasteiger partial charge in [-0.1, -0.05) is 30.3 Å². The maximum atomic E-state index is 12.5. The van der Waals surface area contributed by atoms with Crippen molar-refractivity contribution in [1.82, 2.24) is 9.80 Å². The number of carbonyl (C=O) groups excluding carboxylic acids is 1. The molecule has 1 amide bonds. The Kier molecular flexibility index (Phi) is 7.10. The highest BCUT2D eigenvalue weighted by molar-refractivity contribution is 6.01. The molecular formula is C17H21ClN3O-. The number of hydrogen-bond acceptors (Lipinski definition) is 3. The lowest BCUT2D eigenvalue weighted by molar-refractivity contribution is -0.128. The summed E-state index contributed by atoms with van der Waals surface area (Å²) in [6, 6.07) is 11.7. The fourth-order valence-corrected chi connectivity index (χ4v) is 2.60. The molecule has 0 atom stereocenters. The number of carbonyl (C=O) groups is 1. The molecule has 0 bridgehead atoms. The number of halogens is 1. The van der Waals surface area contributed by atoms with Crippen LogP contribution in [0, 0.1) is 11.3 Å². The number of nitrogens with zero attached hydrogens (tertiary/aromatic N) is 3. The van der Waals surface area contributed by atoms with Crippen LogP contribution in [0.2, 0.25) is 0 Å². The van der Waals surface area contributed by atoms with Crippen LogP contribution in [-0.2, 0) is 4.79 Å². The fraction of sp³-hybridized carbons (Fsp3) is 0.412. The first kappa shape index (κ1) is 18.2. The van der Waals surface area contributed by atoms with Gasteiger partial charge in [0.1, 0.15) is 11.6 Å². The largest absolute Gasteiger partial charge is 1.00 e. The van der Waals surface area contributed by atoms with E-state index < -0.39 is 0 Å². The fourth-order valence-electron chi connectivity index (χ4n) is 2.60. The molecule has 2 rings (SSSR count). The molecular weight excluding hydrogens is 298 g/mol. The lowest BCUT2D eigenvalue weighted by atomic mass is 10.0. The van der Waals surface area contributed by atoms with E-state index in [9.17, 15) is 10.1 Å². The average Bonchev–Trinajstić information content (AvgIpc) is 2.53. The van der Waals surface area contributed by atoms with Gasteiger partial charge in [0.15, 0.2) is 0 Å². The topological polar surface area (TPSA) is 47.3 Å². The van der Waals surface area contributed by atoms with Crippen molar-refractivity contribution in [2.45, 2.75) is 18.9 Å². The number of piperidine rings is 1. The smallest absolute Gasteiger partial charge is 0.264 e. The summed E-state index contributed by atoms with van der Waals surface area (Å²) < 4.78 is 0. The van der Waals surface area contributed by atoms with E-state index in [0.29, 0.717) is 0 Å². The first-order valence-corrected chi connectivity index (χ1v) is 7.24. The Hall–Kier alpha value is -1.83. The summed E-state index contributed by atoms with van der Waals surface area (Å²) in [5.41, 5.74) is 1.07. The Morgan fingerprint density at radius 2 is 1.91 bits per heavy atom. The summed E-state index contributed by atoms with van der Waals surface area (Å²) in [5, 5.41) is 9.27. The summed E-state index contributed by atoms with van der Waals surface area (Å²) >= 11 is 0. The number of nitriles is 1. The maximum Gasteiger partial charge on any atom is 0.264 e. The van der Waals surface area contributed by atoms with Gasteiger partial charge in [-0.3, -0.25) is 4.79 Å². The van der Waals surface area contributed by atoms with Crippen LogP contribution < -0.4 is 12.4 Å². The number of rotatable bonds is 3. The summed E-state index contributed by atoms with van der Waals surface area (Å²) in [4.78, 5) is 16.5. The van der Waals surface area contributed by atoms with Crippen LogP contribution in [0.1, 0.15) is 18.4 Å². The van der Waals surface area contributed by atoms with Crippen molar-refractivity contribution in [3.05, 3.63) is 41.5 Å². The van der Waals surface area contributed by atoms with Gasteiger partial charge in [0.05, 0.1) is 0 Å². The Bertz CT molecular complexity index is 557. The average molecular weight is 319 g/mol. The molecule has 0 radical (unpaired) electrons. The molecule has 1 saturated heterocycles. The molecule has 0 saturated carbocycles. The van der Waals surface area contributed by atoms with Gasteiger partial charge in [0.25, 0.3) is 5.91 Å². The van der Waals surface area contributed by atoms with Gasteiger partial charge in [-0.25, -0.2) is 0 Å². The van der Waals surface area contributed by atoms with Crippen LogP contribution in [0.4, 0.5) is 0 Å². The second-order valence-electron chi connectivity index (χ2n) is 5.53. The van der Waals surface area contributed by atoms with Gasteiger partial charge in [-0.15, -0.1) is 0 Å². The highest BCUT2D eigenvalue weighted by Gasteiger charge is 2.25. The van der Waals surface area contributed by atoms with Gasteiger partial charge in [0, 0.05) is 13.1 Å². The molecule has 1 aromatic rings. The standard InChI is InChI=1S/C17H21N3O.ClH/c1-19-10-8-16(9-11-19)20(2)17(21)15(13-18)12-14-6-4-3-5-7-14;/h3-7,12,16H,8-11H2,1-2H3;1H/p-1/b15-12+;. The first-order chi connectivity index (χ1) is 10.1. The lowest BCUT2D eigenvalue weighted by Crippen LogP contribution is -3.00. The van der Waals surface area contributed by atoms with Crippen LogP contribution in [0.25, 0.3) is 6.08 Å². The molecule has 5 heteroatoms. The van der Waals surface area contributed by atoms with E-state index in [2.05, 4.69) is 11.9 Å². The third-order valence-electron chi connectivity index (χ3n) is 4.02. The molecule has 22 heavy (non-hydrogen) atoms. The quantitative estimate of drug-likeness (QED) is 0.539. The Labute approximate surface area is 138 Å². The predicted octanol–water partition coefficient (Wildman–Crippen LogP) is -0.850. The molecule has 1 heterocycles. The summed E-state index contributed by atoms with van der Waals surface area (Å²) in [6.45, 7) is 1.99. The monoisotopic (exact) mass is 318 g/mol. The third-order valence-corrected chi connectivity index (χ3v) is 4.02. The minimum Gasteiger partial charge on any atom is -1.00 e.